The second-order valence-electron chi connectivity index (χ2n) is 6.11. The third-order valence-electron chi connectivity index (χ3n) is 4.71. The van der Waals surface area contributed by atoms with E-state index in [0.717, 1.165) is 5.82 Å². The first kappa shape index (κ1) is 18.4. The minimum Gasteiger partial charge on any atom is -0.464 e. The number of hydrogen-bond donors (Lipinski definition) is 0. The van der Waals surface area contributed by atoms with Gasteiger partial charge in [0.25, 0.3) is 0 Å². The summed E-state index contributed by atoms with van der Waals surface area (Å²) in [6.07, 6.45) is 1.72. The van der Waals surface area contributed by atoms with Crippen LogP contribution in [-0.2, 0) is 21.8 Å². The number of esters is 1. The second kappa shape index (κ2) is 7.08. The Hall–Kier alpha value is -2.39. The summed E-state index contributed by atoms with van der Waals surface area (Å²) in [6.45, 7) is 3.53. The molecule has 0 unspecified atom stereocenters. The molecule has 0 bridgehead atoms. The molecule has 0 saturated carbocycles. The second-order valence-corrected chi connectivity index (χ2v) is 8.02. The third kappa shape index (κ3) is 3.19. The van der Waals surface area contributed by atoms with Crippen LogP contribution in [0.2, 0.25) is 0 Å². The van der Waals surface area contributed by atoms with Gasteiger partial charge in [-0.1, -0.05) is 6.07 Å². The molecular formula is C17H22N4O4S. The van der Waals surface area contributed by atoms with Gasteiger partial charge in [0.2, 0.25) is 10.0 Å². The minimum atomic E-state index is -3.68. The molecule has 1 aliphatic rings. The fraction of sp³-hybridized carbons (Fsp3) is 0.412. The monoisotopic (exact) mass is 378 g/mol. The molecule has 0 aliphatic carbocycles. The Kier molecular flexibility index (Phi) is 5.01. The van der Waals surface area contributed by atoms with Crippen LogP contribution in [0.4, 0.5) is 5.82 Å². The maximum absolute atomic E-state index is 13.1. The van der Waals surface area contributed by atoms with E-state index in [-0.39, 0.29) is 10.6 Å². The largest absolute Gasteiger partial charge is 0.464 e. The van der Waals surface area contributed by atoms with Gasteiger partial charge < -0.3 is 14.2 Å². The molecular weight excluding hydrogens is 356 g/mol. The van der Waals surface area contributed by atoms with Crippen LogP contribution < -0.4 is 4.90 Å². The molecule has 9 heteroatoms. The lowest BCUT2D eigenvalue weighted by Gasteiger charge is -2.34. The number of nitrogens with zero attached hydrogens (tertiary/aromatic N) is 4. The van der Waals surface area contributed by atoms with E-state index in [0.29, 0.717) is 31.9 Å². The average Bonchev–Trinajstić information content (AvgIpc) is 2.98. The summed E-state index contributed by atoms with van der Waals surface area (Å²) in [6, 6.07) is 7.06. The summed E-state index contributed by atoms with van der Waals surface area (Å²) < 4.78 is 33.8. The number of piperazine rings is 1. The van der Waals surface area contributed by atoms with Crippen molar-refractivity contribution in [2.45, 2.75) is 11.8 Å². The van der Waals surface area contributed by atoms with E-state index in [2.05, 4.69) is 9.88 Å². The van der Waals surface area contributed by atoms with Gasteiger partial charge in [-0.3, -0.25) is 0 Å². The van der Waals surface area contributed by atoms with Gasteiger partial charge in [0, 0.05) is 45.1 Å². The fourth-order valence-corrected chi connectivity index (χ4v) is 4.76. The molecule has 0 spiro atoms. The van der Waals surface area contributed by atoms with Crippen LogP contribution in [0.5, 0.6) is 0 Å². The molecule has 3 rings (SSSR count). The Bertz CT molecular complexity index is 900. The van der Waals surface area contributed by atoms with Gasteiger partial charge in [0.15, 0.2) is 0 Å². The normalized spacial score (nSPS) is 15.9. The molecule has 3 heterocycles. The standard InChI is InChI=1S/C17H22N4O4S/c1-13-15(12-14(19(13)2)17(22)25-3)26(23,24)21-10-8-20(9-11-21)16-6-4-5-7-18-16/h4-7,12H,8-11H2,1-3H3. The van der Waals surface area contributed by atoms with E-state index in [4.69, 9.17) is 4.74 Å². The first-order chi connectivity index (χ1) is 12.4. The molecule has 0 N–H and O–H groups in total. The zero-order valence-electron chi connectivity index (χ0n) is 15.0. The Morgan fingerprint density at radius 3 is 2.46 bits per heavy atom. The Balaban J connectivity index is 1.81. The summed E-state index contributed by atoms with van der Waals surface area (Å²) in [7, 11) is -0.758. The van der Waals surface area contributed by atoms with Gasteiger partial charge in [-0.2, -0.15) is 4.31 Å². The Morgan fingerprint density at radius 1 is 1.19 bits per heavy atom. The summed E-state index contributed by atoms with van der Waals surface area (Å²) in [5.41, 5.74) is 0.730. The van der Waals surface area contributed by atoms with E-state index >= 15 is 0 Å². The van der Waals surface area contributed by atoms with Crippen molar-refractivity contribution in [3.63, 3.8) is 0 Å². The number of aromatic nitrogens is 2. The molecule has 0 radical (unpaired) electrons. The molecule has 26 heavy (non-hydrogen) atoms. The maximum Gasteiger partial charge on any atom is 0.354 e. The quantitative estimate of drug-likeness (QED) is 0.739. The van der Waals surface area contributed by atoms with Gasteiger partial charge in [-0.05, 0) is 25.1 Å². The summed E-state index contributed by atoms with van der Waals surface area (Å²) in [4.78, 5) is 18.4. The number of rotatable bonds is 4. The number of methoxy groups -OCH3 is 1. The predicted octanol–water partition coefficient (Wildman–Crippen LogP) is 1.03. The van der Waals surface area contributed by atoms with Crippen molar-refractivity contribution in [3.05, 3.63) is 41.9 Å². The van der Waals surface area contributed by atoms with Crippen LogP contribution in [0.15, 0.2) is 35.4 Å². The first-order valence-corrected chi connectivity index (χ1v) is 9.71. The van der Waals surface area contributed by atoms with Crippen molar-refractivity contribution in [2.75, 3.05) is 38.2 Å². The number of pyridine rings is 1. The van der Waals surface area contributed by atoms with E-state index < -0.39 is 16.0 Å². The lowest BCUT2D eigenvalue weighted by Crippen LogP contribution is -2.49. The zero-order chi connectivity index (χ0) is 18.9. The number of ether oxygens (including phenoxy) is 1. The van der Waals surface area contributed by atoms with Crippen LogP contribution in [0, 0.1) is 6.92 Å². The molecule has 1 saturated heterocycles. The predicted molar refractivity (Wildman–Crippen MR) is 96.7 cm³/mol. The Labute approximate surface area is 153 Å². The zero-order valence-corrected chi connectivity index (χ0v) is 15.9. The van der Waals surface area contributed by atoms with E-state index in [1.807, 2.05) is 18.2 Å². The van der Waals surface area contributed by atoms with Gasteiger partial charge in [0.1, 0.15) is 16.4 Å². The summed E-state index contributed by atoms with van der Waals surface area (Å²) in [5, 5.41) is 0. The van der Waals surface area contributed by atoms with Crippen molar-refractivity contribution in [1.29, 1.82) is 0 Å². The average molecular weight is 378 g/mol. The highest BCUT2D eigenvalue weighted by Gasteiger charge is 2.32. The van der Waals surface area contributed by atoms with Gasteiger partial charge >= 0.3 is 5.97 Å². The Morgan fingerprint density at radius 2 is 1.88 bits per heavy atom. The molecule has 1 aliphatic heterocycles. The highest BCUT2D eigenvalue weighted by Crippen LogP contribution is 2.25. The van der Waals surface area contributed by atoms with Crippen molar-refractivity contribution >= 4 is 21.8 Å². The number of carbonyl (C=O) groups is 1. The van der Waals surface area contributed by atoms with Gasteiger partial charge in [-0.15, -0.1) is 0 Å². The highest BCUT2D eigenvalue weighted by molar-refractivity contribution is 7.89. The summed E-state index contributed by atoms with van der Waals surface area (Å²) in [5.74, 6) is 0.283. The molecule has 2 aromatic heterocycles. The van der Waals surface area contributed by atoms with Crippen LogP contribution in [0.3, 0.4) is 0 Å². The van der Waals surface area contributed by atoms with Crippen molar-refractivity contribution in [3.8, 4) is 0 Å². The van der Waals surface area contributed by atoms with E-state index in [1.54, 1.807) is 24.7 Å². The van der Waals surface area contributed by atoms with Crippen molar-refractivity contribution < 1.29 is 17.9 Å². The van der Waals surface area contributed by atoms with Gasteiger partial charge in [-0.25, -0.2) is 18.2 Å². The smallest absolute Gasteiger partial charge is 0.354 e. The lowest BCUT2D eigenvalue weighted by atomic mass is 10.3. The van der Waals surface area contributed by atoms with E-state index in [9.17, 15) is 13.2 Å². The SMILES string of the molecule is COC(=O)c1cc(S(=O)(=O)N2CCN(c3ccccn3)CC2)c(C)n1C. The number of hydrogen-bond acceptors (Lipinski definition) is 6. The lowest BCUT2D eigenvalue weighted by molar-refractivity contribution is 0.0589. The molecule has 8 nitrogen and oxygen atoms in total. The fourth-order valence-electron chi connectivity index (χ4n) is 3.07. The molecule has 0 aromatic carbocycles. The van der Waals surface area contributed by atoms with E-state index in [1.165, 1.54) is 17.5 Å². The van der Waals surface area contributed by atoms with Crippen molar-refractivity contribution in [2.24, 2.45) is 7.05 Å². The van der Waals surface area contributed by atoms with Crippen LogP contribution in [0.1, 0.15) is 16.2 Å². The summed E-state index contributed by atoms with van der Waals surface area (Å²) >= 11 is 0. The highest BCUT2D eigenvalue weighted by atomic mass is 32.2. The van der Waals surface area contributed by atoms with Crippen LogP contribution >= 0.6 is 0 Å². The topological polar surface area (TPSA) is 84.7 Å². The molecule has 2 aromatic rings. The molecule has 1 fully saturated rings. The van der Waals surface area contributed by atoms with Crippen LogP contribution in [0.25, 0.3) is 0 Å². The first-order valence-electron chi connectivity index (χ1n) is 8.27. The molecule has 0 atom stereocenters. The molecule has 0 amide bonds. The number of carbonyl (C=O) groups excluding carboxylic acids is 1. The number of sulfonamides is 1. The third-order valence-corrected chi connectivity index (χ3v) is 6.73. The van der Waals surface area contributed by atoms with Crippen LogP contribution in [-0.4, -0.2) is 61.5 Å². The number of anilines is 1. The van der Waals surface area contributed by atoms with Gasteiger partial charge in [0.05, 0.1) is 7.11 Å². The minimum absolute atomic E-state index is 0.145. The van der Waals surface area contributed by atoms with Crippen molar-refractivity contribution in [1.82, 2.24) is 13.9 Å². The maximum atomic E-state index is 13.1. The molecule has 140 valence electrons.